The summed E-state index contributed by atoms with van der Waals surface area (Å²) in [5, 5.41) is 4.13. The Labute approximate surface area is 94.5 Å². The van der Waals surface area contributed by atoms with E-state index in [1.165, 1.54) is 12.1 Å². The molecule has 1 fully saturated rings. The largest absolute Gasteiger partial charge is 0.371 e. The number of rotatable bonds is 2. The topological polar surface area (TPSA) is 34.0 Å². The minimum atomic E-state index is 1.04. The van der Waals surface area contributed by atoms with Gasteiger partial charge < -0.3 is 4.90 Å². The molecule has 1 radical (unpaired) electrons. The Morgan fingerprint density at radius 3 is 2.88 bits per heavy atom. The summed E-state index contributed by atoms with van der Waals surface area (Å²) < 4.78 is 1.78. The van der Waals surface area contributed by atoms with Crippen molar-refractivity contribution >= 4 is 5.69 Å². The highest BCUT2D eigenvalue weighted by atomic mass is 15.3. The van der Waals surface area contributed by atoms with E-state index in [0.717, 1.165) is 18.8 Å². The molecule has 2 heterocycles. The van der Waals surface area contributed by atoms with Crippen LogP contribution in [-0.2, 0) is 0 Å². The van der Waals surface area contributed by atoms with Gasteiger partial charge in [0.15, 0.2) is 0 Å². The highest BCUT2D eigenvalue weighted by Gasteiger charge is 2.12. The van der Waals surface area contributed by atoms with Gasteiger partial charge in [0.2, 0.25) is 0 Å². The molecular formula is C12H13N4. The lowest BCUT2D eigenvalue weighted by atomic mass is 10.2. The zero-order valence-electron chi connectivity index (χ0n) is 8.95. The van der Waals surface area contributed by atoms with Crippen LogP contribution in [-0.4, -0.2) is 27.9 Å². The monoisotopic (exact) mass is 213 g/mol. The van der Waals surface area contributed by atoms with Gasteiger partial charge in [-0.25, -0.2) is 9.67 Å². The Hall–Kier alpha value is -1.84. The Bertz CT molecular complexity index is 458. The van der Waals surface area contributed by atoms with E-state index in [9.17, 15) is 0 Å². The maximum absolute atomic E-state index is 4.13. The van der Waals surface area contributed by atoms with E-state index < -0.39 is 0 Å². The number of nitrogens with zero attached hydrogens (tertiary/aromatic N) is 4. The maximum Gasteiger partial charge on any atom is 0.138 e. The molecular weight excluding hydrogens is 200 g/mol. The number of benzene rings is 1. The van der Waals surface area contributed by atoms with Crippen molar-refractivity contribution in [3.8, 4) is 5.69 Å². The molecule has 4 nitrogen and oxygen atoms in total. The normalized spacial score (nSPS) is 15.6. The molecule has 0 saturated carbocycles. The number of hydrogen-bond donors (Lipinski definition) is 0. The highest BCUT2D eigenvalue weighted by Crippen LogP contribution is 2.21. The summed E-state index contributed by atoms with van der Waals surface area (Å²) in [7, 11) is 0. The van der Waals surface area contributed by atoms with Crippen LogP contribution in [0.4, 0.5) is 5.69 Å². The molecule has 3 rings (SSSR count). The number of anilines is 1. The van der Waals surface area contributed by atoms with Crippen molar-refractivity contribution in [3.63, 3.8) is 0 Å². The van der Waals surface area contributed by atoms with Crippen LogP contribution in [0.3, 0.4) is 0 Å². The third kappa shape index (κ3) is 1.66. The molecule has 2 aromatic rings. The molecule has 81 valence electrons. The first-order chi connectivity index (χ1) is 7.93. The van der Waals surface area contributed by atoms with Gasteiger partial charge in [0.25, 0.3) is 0 Å². The van der Waals surface area contributed by atoms with Crippen LogP contribution >= 0.6 is 0 Å². The fourth-order valence-corrected chi connectivity index (χ4v) is 1.99. The van der Waals surface area contributed by atoms with Crippen LogP contribution in [0.5, 0.6) is 0 Å². The Balaban J connectivity index is 1.93. The first-order valence-corrected chi connectivity index (χ1v) is 5.45. The Morgan fingerprint density at radius 1 is 1.19 bits per heavy atom. The SMILES string of the molecule is [CH]1CCN(c2cccc(-n3cncn3)c2)C1. The number of hydrogen-bond acceptors (Lipinski definition) is 3. The zero-order chi connectivity index (χ0) is 10.8. The molecule has 0 N–H and O–H groups in total. The van der Waals surface area contributed by atoms with E-state index in [0.29, 0.717) is 0 Å². The lowest BCUT2D eigenvalue weighted by molar-refractivity contribution is 0.875. The van der Waals surface area contributed by atoms with Crippen molar-refractivity contribution in [2.45, 2.75) is 6.42 Å². The summed E-state index contributed by atoms with van der Waals surface area (Å²) in [5.41, 5.74) is 2.31. The van der Waals surface area contributed by atoms with Gasteiger partial charge in [-0.3, -0.25) is 0 Å². The van der Waals surface area contributed by atoms with Gasteiger partial charge in [0, 0.05) is 18.8 Å². The van der Waals surface area contributed by atoms with Crippen LogP contribution in [0, 0.1) is 6.42 Å². The van der Waals surface area contributed by atoms with E-state index in [4.69, 9.17) is 0 Å². The summed E-state index contributed by atoms with van der Waals surface area (Å²) >= 11 is 0. The second kappa shape index (κ2) is 3.96. The van der Waals surface area contributed by atoms with E-state index >= 15 is 0 Å². The first-order valence-electron chi connectivity index (χ1n) is 5.45. The van der Waals surface area contributed by atoms with Crippen LogP contribution < -0.4 is 4.90 Å². The lowest BCUT2D eigenvalue weighted by Gasteiger charge is -2.18. The molecule has 1 aliphatic rings. The first kappa shape index (κ1) is 9.39. The summed E-state index contributed by atoms with van der Waals surface area (Å²) in [6, 6.07) is 8.38. The molecule has 4 heteroatoms. The average Bonchev–Trinajstić information content (AvgIpc) is 3.03. The van der Waals surface area contributed by atoms with E-state index in [1.54, 1.807) is 17.3 Å². The van der Waals surface area contributed by atoms with Crippen molar-refractivity contribution in [2.75, 3.05) is 18.0 Å². The summed E-state index contributed by atoms with van der Waals surface area (Å²) in [4.78, 5) is 6.32. The molecule has 0 spiro atoms. The highest BCUT2D eigenvalue weighted by molar-refractivity contribution is 5.53. The predicted octanol–water partition coefficient (Wildman–Crippen LogP) is 1.68. The molecule has 0 atom stereocenters. The van der Waals surface area contributed by atoms with Gasteiger partial charge in [-0.1, -0.05) is 6.07 Å². The standard InChI is InChI=1S/C12H13N4/c1-2-7-15(6-1)11-4-3-5-12(8-11)16-10-13-9-14-16/h1,3-5,8-10H,2,6-7H2. The Kier molecular flexibility index (Phi) is 2.33. The van der Waals surface area contributed by atoms with E-state index in [1.807, 2.05) is 6.07 Å². The lowest BCUT2D eigenvalue weighted by Crippen LogP contribution is -2.17. The van der Waals surface area contributed by atoms with E-state index in [2.05, 4.69) is 39.6 Å². The van der Waals surface area contributed by atoms with Gasteiger partial charge in [0.05, 0.1) is 5.69 Å². The molecule has 0 unspecified atom stereocenters. The second-order valence-corrected chi connectivity index (χ2v) is 3.88. The predicted molar refractivity (Wildman–Crippen MR) is 62.5 cm³/mol. The molecule has 1 aromatic heterocycles. The van der Waals surface area contributed by atoms with E-state index in [-0.39, 0.29) is 0 Å². The number of aromatic nitrogens is 3. The van der Waals surface area contributed by atoms with Gasteiger partial charge >= 0.3 is 0 Å². The third-order valence-electron chi connectivity index (χ3n) is 2.83. The van der Waals surface area contributed by atoms with Crippen LogP contribution in [0.1, 0.15) is 6.42 Å². The minimum Gasteiger partial charge on any atom is -0.371 e. The molecule has 0 bridgehead atoms. The van der Waals surface area contributed by atoms with Gasteiger partial charge in [-0.05, 0) is 31.0 Å². The molecule has 1 saturated heterocycles. The average molecular weight is 213 g/mol. The van der Waals surface area contributed by atoms with Crippen molar-refractivity contribution in [1.29, 1.82) is 0 Å². The van der Waals surface area contributed by atoms with Gasteiger partial charge in [0.1, 0.15) is 12.7 Å². The Morgan fingerprint density at radius 2 is 2.12 bits per heavy atom. The third-order valence-corrected chi connectivity index (χ3v) is 2.83. The molecule has 0 aliphatic carbocycles. The molecule has 1 aliphatic heterocycles. The van der Waals surface area contributed by atoms with Crippen molar-refractivity contribution in [2.24, 2.45) is 0 Å². The molecule has 16 heavy (non-hydrogen) atoms. The van der Waals surface area contributed by atoms with Crippen LogP contribution in [0.25, 0.3) is 5.69 Å². The fourth-order valence-electron chi connectivity index (χ4n) is 1.99. The molecule has 0 amide bonds. The summed E-state index contributed by atoms with van der Waals surface area (Å²) in [6.45, 7) is 2.15. The van der Waals surface area contributed by atoms with Crippen molar-refractivity contribution in [1.82, 2.24) is 14.8 Å². The van der Waals surface area contributed by atoms with Crippen LogP contribution in [0.15, 0.2) is 36.9 Å². The van der Waals surface area contributed by atoms with Gasteiger partial charge in [-0.15, -0.1) is 0 Å². The fraction of sp³-hybridized carbons (Fsp3) is 0.250. The van der Waals surface area contributed by atoms with Crippen molar-refractivity contribution < 1.29 is 0 Å². The minimum absolute atomic E-state index is 1.04. The van der Waals surface area contributed by atoms with Crippen molar-refractivity contribution in [3.05, 3.63) is 43.3 Å². The summed E-state index contributed by atoms with van der Waals surface area (Å²) in [5.74, 6) is 0. The zero-order valence-corrected chi connectivity index (χ0v) is 8.95. The van der Waals surface area contributed by atoms with Crippen LogP contribution in [0.2, 0.25) is 0 Å². The molecule has 1 aromatic carbocycles. The quantitative estimate of drug-likeness (QED) is 0.761. The summed E-state index contributed by atoms with van der Waals surface area (Å²) in [6.07, 6.45) is 6.75. The second-order valence-electron chi connectivity index (χ2n) is 3.88. The van der Waals surface area contributed by atoms with Gasteiger partial charge in [-0.2, -0.15) is 5.10 Å². The smallest absolute Gasteiger partial charge is 0.138 e. The maximum atomic E-state index is 4.13.